The molecule has 1 aromatic heterocycles. The molecule has 1 aromatic carbocycles. The van der Waals surface area contributed by atoms with Gasteiger partial charge in [-0.3, -0.25) is 0 Å². The highest BCUT2D eigenvalue weighted by molar-refractivity contribution is 5.75. The van der Waals surface area contributed by atoms with Gasteiger partial charge in [-0.15, -0.1) is 0 Å². The molecule has 0 spiro atoms. The minimum absolute atomic E-state index is 0.572. The third kappa shape index (κ3) is 7.08. The molecular formula is C25H38N2. The Morgan fingerprint density at radius 1 is 0.852 bits per heavy atom. The molecular weight excluding hydrogens is 328 g/mol. The molecule has 0 fully saturated rings. The molecule has 0 saturated heterocycles. The van der Waals surface area contributed by atoms with Gasteiger partial charge in [0, 0.05) is 0 Å². The number of hydrogen-bond acceptors (Lipinski definition) is 2. The monoisotopic (exact) mass is 366 g/mol. The van der Waals surface area contributed by atoms with E-state index in [1.54, 1.807) is 0 Å². The average molecular weight is 367 g/mol. The highest BCUT2D eigenvalue weighted by Gasteiger charge is 2.11. The molecule has 0 bridgehead atoms. The normalized spacial score (nSPS) is 14.1. The van der Waals surface area contributed by atoms with Crippen LogP contribution in [0.2, 0.25) is 0 Å². The van der Waals surface area contributed by atoms with E-state index >= 15 is 0 Å². The number of aromatic nitrogens is 2. The fraction of sp³-hybridized carbons (Fsp3) is 0.600. The lowest BCUT2D eigenvalue weighted by Gasteiger charge is -2.16. The van der Waals surface area contributed by atoms with E-state index < -0.39 is 0 Å². The molecule has 2 rings (SSSR count). The fourth-order valence-corrected chi connectivity index (χ4v) is 3.50. The zero-order valence-corrected chi connectivity index (χ0v) is 17.9. The molecule has 0 amide bonds. The van der Waals surface area contributed by atoms with Gasteiger partial charge in [0.15, 0.2) is 0 Å². The summed E-state index contributed by atoms with van der Waals surface area (Å²) in [6, 6.07) is 8.23. The zero-order chi connectivity index (χ0) is 19.5. The van der Waals surface area contributed by atoms with E-state index in [0.717, 1.165) is 28.8 Å². The van der Waals surface area contributed by atoms with Crippen molar-refractivity contribution in [1.82, 2.24) is 9.97 Å². The molecule has 0 N–H and O–H groups in total. The lowest BCUT2D eigenvalue weighted by Crippen LogP contribution is -2.05. The first-order chi connectivity index (χ1) is 13.2. The fourth-order valence-electron chi connectivity index (χ4n) is 3.50. The highest BCUT2D eigenvalue weighted by atomic mass is 14.8. The summed E-state index contributed by atoms with van der Waals surface area (Å²) in [5.41, 5.74) is 4.24. The van der Waals surface area contributed by atoms with E-state index in [9.17, 15) is 0 Å². The van der Waals surface area contributed by atoms with Crippen LogP contribution in [0.3, 0.4) is 0 Å². The van der Waals surface area contributed by atoms with E-state index in [4.69, 9.17) is 9.97 Å². The quantitative estimate of drug-likeness (QED) is 0.361. The molecule has 2 unspecified atom stereocenters. The van der Waals surface area contributed by atoms with Crippen molar-refractivity contribution in [2.45, 2.75) is 85.5 Å². The van der Waals surface area contributed by atoms with Crippen LogP contribution in [0.25, 0.3) is 17.1 Å². The number of nitrogens with zero attached hydrogens (tertiary/aromatic N) is 2. The summed E-state index contributed by atoms with van der Waals surface area (Å²) in [5, 5.41) is 0. The molecule has 0 aliphatic heterocycles. The van der Waals surface area contributed by atoms with Crippen molar-refractivity contribution >= 4 is 17.1 Å². The number of hydrogen-bond donors (Lipinski definition) is 0. The Hall–Kier alpha value is -1.70. The molecule has 0 saturated carbocycles. The molecule has 0 aliphatic rings. The number of aryl methyl sites for hydroxylation is 1. The van der Waals surface area contributed by atoms with E-state index in [1.165, 1.54) is 51.4 Å². The maximum Gasteiger partial charge on any atom is 0.0894 e. The molecule has 0 aliphatic carbocycles. The van der Waals surface area contributed by atoms with Gasteiger partial charge < -0.3 is 0 Å². The third-order valence-corrected chi connectivity index (χ3v) is 5.66. The topological polar surface area (TPSA) is 25.8 Å². The smallest absolute Gasteiger partial charge is 0.0894 e. The Morgan fingerprint density at radius 2 is 1.52 bits per heavy atom. The van der Waals surface area contributed by atoms with E-state index in [1.807, 2.05) is 12.1 Å². The highest BCUT2D eigenvalue weighted by Crippen LogP contribution is 2.22. The van der Waals surface area contributed by atoms with Crippen LogP contribution in [0.15, 0.2) is 30.3 Å². The van der Waals surface area contributed by atoms with Gasteiger partial charge in [-0.1, -0.05) is 90.8 Å². The summed E-state index contributed by atoms with van der Waals surface area (Å²) in [6.45, 7) is 9.24. The summed E-state index contributed by atoms with van der Waals surface area (Å²) in [7, 11) is 0. The summed E-state index contributed by atoms with van der Waals surface area (Å²) in [4.78, 5) is 9.87. The Kier molecular flexibility index (Phi) is 9.52. The van der Waals surface area contributed by atoms with Crippen LogP contribution in [0.4, 0.5) is 0 Å². The van der Waals surface area contributed by atoms with Gasteiger partial charge in [0.05, 0.1) is 22.4 Å². The number of rotatable bonds is 12. The van der Waals surface area contributed by atoms with Crippen molar-refractivity contribution in [3.63, 3.8) is 0 Å². The number of allylic oxidation sites excluding steroid dienone is 1. The number of unbranched alkanes of at least 4 members (excludes halogenated alkanes) is 5. The minimum atomic E-state index is 0.572. The zero-order valence-electron chi connectivity index (χ0n) is 17.9. The standard InChI is InChI=1S/C25H38N2/c1-5-7-9-11-15-24-25(27-23-17-13-12-16-22(23)26-24)19-18-21(4)20(3)14-10-8-6-2/h12-13,16-21H,5-11,14-15H2,1-4H3/b19-18+. The Morgan fingerprint density at radius 3 is 2.22 bits per heavy atom. The second-order valence-electron chi connectivity index (χ2n) is 8.05. The summed E-state index contributed by atoms with van der Waals surface area (Å²) in [6.07, 6.45) is 16.0. The molecule has 2 aromatic rings. The third-order valence-electron chi connectivity index (χ3n) is 5.66. The van der Waals surface area contributed by atoms with Crippen LogP contribution < -0.4 is 0 Å². The van der Waals surface area contributed by atoms with E-state index in [0.29, 0.717) is 11.8 Å². The van der Waals surface area contributed by atoms with Crippen molar-refractivity contribution in [2.24, 2.45) is 11.8 Å². The van der Waals surface area contributed by atoms with E-state index in [-0.39, 0.29) is 0 Å². The lowest BCUT2D eigenvalue weighted by atomic mass is 9.90. The van der Waals surface area contributed by atoms with Crippen molar-refractivity contribution in [3.05, 3.63) is 41.7 Å². The van der Waals surface area contributed by atoms with Gasteiger partial charge >= 0.3 is 0 Å². The second kappa shape index (κ2) is 11.9. The first-order valence-electron chi connectivity index (χ1n) is 11.1. The molecule has 2 atom stereocenters. The average Bonchev–Trinajstić information content (AvgIpc) is 2.69. The van der Waals surface area contributed by atoms with Crippen molar-refractivity contribution in [2.75, 3.05) is 0 Å². The lowest BCUT2D eigenvalue weighted by molar-refractivity contribution is 0.410. The van der Waals surface area contributed by atoms with Crippen LogP contribution in [-0.4, -0.2) is 9.97 Å². The molecule has 27 heavy (non-hydrogen) atoms. The SMILES string of the molecule is CCCCCCc1nc2ccccc2nc1/C=C/C(C)C(C)CCCCC. The van der Waals surface area contributed by atoms with Crippen LogP contribution in [0, 0.1) is 11.8 Å². The molecule has 1 heterocycles. The van der Waals surface area contributed by atoms with Crippen LogP contribution >= 0.6 is 0 Å². The second-order valence-corrected chi connectivity index (χ2v) is 8.05. The summed E-state index contributed by atoms with van der Waals surface area (Å²) >= 11 is 0. The minimum Gasteiger partial charge on any atom is -0.249 e. The van der Waals surface area contributed by atoms with Gasteiger partial charge in [0.25, 0.3) is 0 Å². The van der Waals surface area contributed by atoms with Crippen LogP contribution in [0.5, 0.6) is 0 Å². The number of para-hydroxylation sites is 2. The van der Waals surface area contributed by atoms with Crippen molar-refractivity contribution in [1.29, 1.82) is 0 Å². The van der Waals surface area contributed by atoms with Gasteiger partial charge in [0.2, 0.25) is 0 Å². The van der Waals surface area contributed by atoms with Crippen molar-refractivity contribution < 1.29 is 0 Å². The predicted molar refractivity (Wildman–Crippen MR) is 119 cm³/mol. The summed E-state index contributed by atoms with van der Waals surface area (Å²) in [5.74, 6) is 1.29. The molecule has 2 heteroatoms. The first-order valence-corrected chi connectivity index (χ1v) is 11.1. The van der Waals surface area contributed by atoms with Crippen molar-refractivity contribution in [3.8, 4) is 0 Å². The van der Waals surface area contributed by atoms with Crippen LogP contribution in [0.1, 0.15) is 90.4 Å². The largest absolute Gasteiger partial charge is 0.249 e. The Bertz CT molecular complexity index is 705. The molecule has 0 radical (unpaired) electrons. The maximum absolute atomic E-state index is 4.94. The molecule has 2 nitrogen and oxygen atoms in total. The first kappa shape index (κ1) is 21.6. The molecule has 148 valence electrons. The van der Waals surface area contributed by atoms with Gasteiger partial charge in [-0.25, -0.2) is 9.97 Å². The van der Waals surface area contributed by atoms with Gasteiger partial charge in [0.1, 0.15) is 0 Å². The maximum atomic E-state index is 4.94. The number of fused-ring (bicyclic) bond motifs is 1. The van der Waals surface area contributed by atoms with Gasteiger partial charge in [-0.05, 0) is 42.9 Å². The summed E-state index contributed by atoms with van der Waals surface area (Å²) < 4.78 is 0. The number of benzene rings is 1. The van der Waals surface area contributed by atoms with Gasteiger partial charge in [-0.2, -0.15) is 0 Å². The Labute approximate surface area is 166 Å². The Balaban J connectivity index is 2.13. The van der Waals surface area contributed by atoms with Crippen LogP contribution in [-0.2, 0) is 6.42 Å². The predicted octanol–water partition coefficient (Wildman–Crippen LogP) is 7.62. The van der Waals surface area contributed by atoms with E-state index in [2.05, 4.69) is 52.0 Å².